The predicted octanol–water partition coefficient (Wildman–Crippen LogP) is 2.64. The van der Waals surface area contributed by atoms with E-state index in [9.17, 15) is 9.59 Å². The molecule has 114 valence electrons. The van der Waals surface area contributed by atoms with E-state index in [1.54, 1.807) is 0 Å². The van der Waals surface area contributed by atoms with Crippen molar-refractivity contribution in [3.05, 3.63) is 29.3 Å². The molecule has 0 bridgehead atoms. The number of rotatable bonds is 3. The van der Waals surface area contributed by atoms with Crippen LogP contribution in [-0.2, 0) is 22.4 Å². The third-order valence-electron chi connectivity index (χ3n) is 3.17. The number of hydrogen-bond acceptors (Lipinski definition) is 3. The lowest BCUT2D eigenvalue weighted by molar-refractivity contribution is -0.116. The van der Waals surface area contributed by atoms with Gasteiger partial charge in [-0.1, -0.05) is 12.1 Å². The van der Waals surface area contributed by atoms with Crippen molar-refractivity contribution in [1.82, 2.24) is 5.32 Å². The molecule has 2 rings (SSSR count). The molecule has 0 saturated heterocycles. The van der Waals surface area contributed by atoms with E-state index in [4.69, 9.17) is 4.74 Å². The summed E-state index contributed by atoms with van der Waals surface area (Å²) >= 11 is 0. The summed E-state index contributed by atoms with van der Waals surface area (Å²) in [4.78, 5) is 22.9. The van der Waals surface area contributed by atoms with Crippen LogP contribution in [0.25, 0.3) is 0 Å². The van der Waals surface area contributed by atoms with Crippen LogP contribution >= 0.6 is 0 Å². The third kappa shape index (κ3) is 4.77. The van der Waals surface area contributed by atoms with E-state index in [1.807, 2.05) is 39.0 Å². The summed E-state index contributed by atoms with van der Waals surface area (Å²) in [5.41, 5.74) is 2.78. The average molecular weight is 290 g/mol. The number of nitrogens with one attached hydrogen (secondary N) is 2. The van der Waals surface area contributed by atoms with Gasteiger partial charge in [-0.05, 0) is 44.4 Å². The number of carbonyl (C=O) groups excluding carboxylic acids is 2. The second-order valence-electron chi connectivity index (χ2n) is 6.30. The number of benzene rings is 1. The highest BCUT2D eigenvalue weighted by atomic mass is 16.5. The van der Waals surface area contributed by atoms with Gasteiger partial charge < -0.3 is 15.4 Å². The number of carbonyl (C=O) groups is 2. The number of alkyl carbamates (subject to hydrolysis) is 1. The Balaban J connectivity index is 1.85. The van der Waals surface area contributed by atoms with Crippen LogP contribution in [0.2, 0.25) is 0 Å². The van der Waals surface area contributed by atoms with Crippen LogP contribution in [0.15, 0.2) is 18.2 Å². The van der Waals surface area contributed by atoms with E-state index in [2.05, 4.69) is 10.6 Å². The summed E-state index contributed by atoms with van der Waals surface area (Å²) in [6.45, 7) is 6.02. The molecule has 1 aromatic rings. The van der Waals surface area contributed by atoms with E-state index in [-0.39, 0.29) is 11.4 Å². The zero-order valence-electron chi connectivity index (χ0n) is 12.8. The van der Waals surface area contributed by atoms with Gasteiger partial charge in [0.1, 0.15) is 0 Å². The Morgan fingerprint density at radius 3 is 2.81 bits per heavy atom. The van der Waals surface area contributed by atoms with Gasteiger partial charge in [0.15, 0.2) is 0 Å². The Morgan fingerprint density at radius 2 is 2.10 bits per heavy atom. The molecule has 1 heterocycles. The van der Waals surface area contributed by atoms with Crippen molar-refractivity contribution in [2.75, 3.05) is 11.9 Å². The minimum Gasteiger partial charge on any atom is -0.449 e. The summed E-state index contributed by atoms with van der Waals surface area (Å²) in [6.07, 6.45) is 1.54. The van der Waals surface area contributed by atoms with Gasteiger partial charge in [-0.3, -0.25) is 4.79 Å². The zero-order valence-corrected chi connectivity index (χ0v) is 12.8. The molecule has 2 N–H and O–H groups in total. The number of ether oxygens (including phenoxy) is 1. The zero-order chi connectivity index (χ0) is 15.5. The molecule has 5 heteroatoms. The summed E-state index contributed by atoms with van der Waals surface area (Å²) < 4.78 is 5.15. The summed E-state index contributed by atoms with van der Waals surface area (Å²) in [5.74, 6) is 0.0560. The summed E-state index contributed by atoms with van der Waals surface area (Å²) in [7, 11) is 0. The van der Waals surface area contributed by atoms with E-state index in [0.717, 1.165) is 23.2 Å². The lowest BCUT2D eigenvalue weighted by Crippen LogP contribution is -2.41. The van der Waals surface area contributed by atoms with Crippen molar-refractivity contribution in [2.45, 2.75) is 45.6 Å². The topological polar surface area (TPSA) is 67.4 Å². The number of aryl methyl sites for hydroxylation is 1. The van der Waals surface area contributed by atoms with E-state index >= 15 is 0 Å². The summed E-state index contributed by atoms with van der Waals surface area (Å²) in [5, 5.41) is 5.61. The van der Waals surface area contributed by atoms with Gasteiger partial charge in [0, 0.05) is 24.1 Å². The fourth-order valence-electron chi connectivity index (χ4n) is 2.18. The second kappa shape index (κ2) is 6.16. The highest BCUT2D eigenvalue weighted by Crippen LogP contribution is 2.23. The fraction of sp³-hybridized carbons (Fsp3) is 0.500. The number of fused-ring (bicyclic) bond motifs is 1. The molecule has 0 unspecified atom stereocenters. The highest BCUT2D eigenvalue weighted by Gasteiger charge is 2.16. The van der Waals surface area contributed by atoms with Crippen LogP contribution in [0.4, 0.5) is 10.5 Å². The largest absolute Gasteiger partial charge is 0.449 e. The van der Waals surface area contributed by atoms with Gasteiger partial charge in [-0.25, -0.2) is 4.79 Å². The van der Waals surface area contributed by atoms with Gasteiger partial charge >= 0.3 is 6.09 Å². The van der Waals surface area contributed by atoms with Crippen LogP contribution in [0.1, 0.15) is 38.3 Å². The Kier molecular flexibility index (Phi) is 4.50. The molecule has 0 spiro atoms. The monoisotopic (exact) mass is 290 g/mol. The molecule has 1 aromatic carbocycles. The normalized spacial score (nSPS) is 14.1. The van der Waals surface area contributed by atoms with Crippen LogP contribution in [0.3, 0.4) is 0 Å². The molecule has 0 aromatic heterocycles. The Morgan fingerprint density at radius 1 is 1.33 bits per heavy atom. The van der Waals surface area contributed by atoms with Crippen molar-refractivity contribution in [3.8, 4) is 0 Å². The minimum absolute atomic E-state index is 0.0560. The Labute approximate surface area is 125 Å². The van der Waals surface area contributed by atoms with Crippen LogP contribution < -0.4 is 10.6 Å². The van der Waals surface area contributed by atoms with Crippen LogP contribution in [0.5, 0.6) is 0 Å². The fourth-order valence-corrected chi connectivity index (χ4v) is 2.18. The molecule has 21 heavy (non-hydrogen) atoms. The third-order valence-corrected chi connectivity index (χ3v) is 3.17. The first-order valence-corrected chi connectivity index (χ1v) is 7.20. The van der Waals surface area contributed by atoms with E-state index < -0.39 is 6.09 Å². The smallest absolute Gasteiger partial charge is 0.407 e. The second-order valence-corrected chi connectivity index (χ2v) is 6.30. The first-order chi connectivity index (χ1) is 9.83. The molecule has 1 aliphatic heterocycles. The maximum atomic E-state index is 11.5. The van der Waals surface area contributed by atoms with Crippen molar-refractivity contribution in [1.29, 1.82) is 0 Å². The van der Waals surface area contributed by atoms with Crippen molar-refractivity contribution in [3.63, 3.8) is 0 Å². The number of hydrogen-bond donors (Lipinski definition) is 2. The lowest BCUT2D eigenvalue weighted by Gasteiger charge is -2.20. The first-order valence-electron chi connectivity index (χ1n) is 7.20. The molecule has 0 saturated carbocycles. The minimum atomic E-state index is -0.409. The van der Waals surface area contributed by atoms with E-state index in [1.165, 1.54) is 0 Å². The SMILES string of the molecule is CC(C)(C)NC(=O)OCCc1ccc2c(c1)NC(=O)CC2. The molecule has 2 amide bonds. The number of anilines is 1. The summed E-state index contributed by atoms with van der Waals surface area (Å²) in [6, 6.07) is 6.00. The predicted molar refractivity (Wildman–Crippen MR) is 81.3 cm³/mol. The molecule has 0 atom stereocenters. The van der Waals surface area contributed by atoms with Gasteiger partial charge in [-0.15, -0.1) is 0 Å². The molecule has 0 fully saturated rings. The van der Waals surface area contributed by atoms with E-state index in [0.29, 0.717) is 19.4 Å². The van der Waals surface area contributed by atoms with Gasteiger partial charge in [0.2, 0.25) is 5.91 Å². The van der Waals surface area contributed by atoms with Gasteiger partial charge in [-0.2, -0.15) is 0 Å². The average Bonchev–Trinajstić information content (AvgIpc) is 2.36. The number of amides is 2. The standard InChI is InChI=1S/C16H22N2O3/c1-16(2,3)18-15(20)21-9-8-11-4-5-12-6-7-14(19)17-13(12)10-11/h4-5,10H,6-9H2,1-3H3,(H,17,19)(H,18,20). The van der Waals surface area contributed by atoms with Crippen LogP contribution in [0, 0.1) is 0 Å². The van der Waals surface area contributed by atoms with Crippen molar-refractivity contribution < 1.29 is 14.3 Å². The molecular formula is C16H22N2O3. The van der Waals surface area contributed by atoms with Gasteiger partial charge in [0.05, 0.1) is 6.61 Å². The van der Waals surface area contributed by atoms with Crippen molar-refractivity contribution >= 4 is 17.7 Å². The lowest BCUT2D eigenvalue weighted by atomic mass is 10.00. The Hall–Kier alpha value is -2.04. The molecule has 5 nitrogen and oxygen atoms in total. The Bertz CT molecular complexity index is 547. The first kappa shape index (κ1) is 15.4. The molecule has 0 radical (unpaired) electrons. The molecule has 0 aliphatic carbocycles. The molecule has 1 aliphatic rings. The van der Waals surface area contributed by atoms with Gasteiger partial charge in [0.25, 0.3) is 0 Å². The maximum absolute atomic E-state index is 11.5. The maximum Gasteiger partial charge on any atom is 0.407 e. The van der Waals surface area contributed by atoms with Crippen molar-refractivity contribution in [2.24, 2.45) is 0 Å². The molecular weight excluding hydrogens is 268 g/mol. The van der Waals surface area contributed by atoms with Crippen LogP contribution in [-0.4, -0.2) is 24.1 Å². The highest BCUT2D eigenvalue weighted by molar-refractivity contribution is 5.93. The quantitative estimate of drug-likeness (QED) is 0.899.